The molecule has 0 aliphatic carbocycles. The number of benzene rings is 1. The van der Waals surface area contributed by atoms with Gasteiger partial charge in [-0.3, -0.25) is 0 Å². The minimum absolute atomic E-state index is 0.0618. The molecule has 5 nitrogen and oxygen atoms in total. The first-order valence-corrected chi connectivity index (χ1v) is 5.91. The van der Waals surface area contributed by atoms with Gasteiger partial charge in [0, 0.05) is 10.2 Å². The maximum Gasteiger partial charge on any atom is 0.233 e. The Hall–Kier alpha value is -1.40. The second-order valence-corrected chi connectivity index (χ2v) is 4.68. The van der Waals surface area contributed by atoms with Crippen LogP contribution in [0.5, 0.6) is 0 Å². The van der Waals surface area contributed by atoms with Gasteiger partial charge in [-0.25, -0.2) is 0 Å². The maximum absolute atomic E-state index is 5.69. The van der Waals surface area contributed by atoms with Gasteiger partial charge in [0.1, 0.15) is 0 Å². The molecule has 2 rings (SSSR count). The van der Waals surface area contributed by atoms with Crippen LogP contribution in [-0.4, -0.2) is 15.0 Å². The summed E-state index contributed by atoms with van der Waals surface area (Å²) in [6.07, 6.45) is 0. The van der Waals surface area contributed by atoms with E-state index in [9.17, 15) is 0 Å². The molecule has 3 N–H and O–H groups in total. The Balaban J connectivity index is 2.31. The molecule has 0 spiro atoms. The SMILES string of the molecule is Cc1cc(Br)cc(Nc2nc(N)nc(Cl)n2)c1. The first-order chi connectivity index (χ1) is 8.02. The lowest BCUT2D eigenvalue weighted by atomic mass is 10.2. The highest BCUT2D eigenvalue weighted by Gasteiger charge is 2.03. The van der Waals surface area contributed by atoms with E-state index in [0.717, 1.165) is 15.7 Å². The van der Waals surface area contributed by atoms with Crippen molar-refractivity contribution in [2.75, 3.05) is 11.1 Å². The van der Waals surface area contributed by atoms with Crippen molar-refractivity contribution in [1.29, 1.82) is 0 Å². The van der Waals surface area contributed by atoms with Crippen LogP contribution in [0.1, 0.15) is 5.56 Å². The number of nitrogen functional groups attached to an aromatic ring is 1. The number of rotatable bonds is 2. The van der Waals surface area contributed by atoms with E-state index in [4.69, 9.17) is 17.3 Å². The predicted octanol–water partition coefficient (Wildman–Crippen LogP) is 2.92. The molecule has 1 aromatic carbocycles. The second-order valence-electron chi connectivity index (χ2n) is 3.43. The van der Waals surface area contributed by atoms with Gasteiger partial charge in [-0.2, -0.15) is 15.0 Å². The van der Waals surface area contributed by atoms with Crippen molar-refractivity contribution in [1.82, 2.24) is 15.0 Å². The van der Waals surface area contributed by atoms with Crippen LogP contribution in [0.3, 0.4) is 0 Å². The molecule has 0 amide bonds. The van der Waals surface area contributed by atoms with Gasteiger partial charge in [-0.1, -0.05) is 15.9 Å². The Kier molecular flexibility index (Phi) is 3.44. The lowest BCUT2D eigenvalue weighted by molar-refractivity contribution is 1.07. The number of nitrogens with two attached hydrogens (primary N) is 1. The Morgan fingerprint density at radius 1 is 1.24 bits per heavy atom. The van der Waals surface area contributed by atoms with Crippen LogP contribution >= 0.6 is 27.5 Å². The molecular weight excluding hydrogens is 306 g/mol. The molecule has 0 atom stereocenters. The van der Waals surface area contributed by atoms with Crippen LogP contribution in [0, 0.1) is 6.92 Å². The summed E-state index contributed by atoms with van der Waals surface area (Å²) in [5, 5.41) is 3.07. The zero-order valence-corrected chi connectivity index (χ0v) is 11.2. The predicted molar refractivity (Wildman–Crippen MR) is 71.4 cm³/mol. The number of nitrogens with one attached hydrogen (secondary N) is 1. The van der Waals surface area contributed by atoms with Crippen molar-refractivity contribution < 1.29 is 0 Å². The third-order valence-corrected chi connectivity index (χ3v) is 2.55. The van der Waals surface area contributed by atoms with Gasteiger partial charge in [0.2, 0.25) is 17.2 Å². The van der Waals surface area contributed by atoms with Gasteiger partial charge in [-0.15, -0.1) is 0 Å². The molecule has 17 heavy (non-hydrogen) atoms. The topological polar surface area (TPSA) is 76.7 Å². The van der Waals surface area contributed by atoms with Crippen molar-refractivity contribution in [3.05, 3.63) is 33.5 Å². The van der Waals surface area contributed by atoms with Gasteiger partial charge in [0.25, 0.3) is 0 Å². The summed E-state index contributed by atoms with van der Waals surface area (Å²) in [5.41, 5.74) is 7.43. The summed E-state index contributed by atoms with van der Waals surface area (Å²) < 4.78 is 0.966. The number of aromatic nitrogens is 3. The van der Waals surface area contributed by atoms with E-state index < -0.39 is 0 Å². The van der Waals surface area contributed by atoms with Gasteiger partial charge in [0.15, 0.2) is 0 Å². The summed E-state index contributed by atoms with van der Waals surface area (Å²) >= 11 is 9.10. The molecule has 0 saturated heterocycles. The van der Waals surface area contributed by atoms with E-state index in [1.807, 2.05) is 25.1 Å². The third-order valence-electron chi connectivity index (χ3n) is 1.92. The van der Waals surface area contributed by atoms with Crippen molar-refractivity contribution in [3.8, 4) is 0 Å². The highest BCUT2D eigenvalue weighted by molar-refractivity contribution is 9.10. The average Bonchev–Trinajstić information content (AvgIpc) is 2.13. The zero-order chi connectivity index (χ0) is 12.4. The molecule has 88 valence electrons. The molecule has 0 saturated carbocycles. The monoisotopic (exact) mass is 313 g/mol. The molecule has 0 aliphatic rings. The molecule has 0 unspecified atom stereocenters. The Labute approximate surface area is 112 Å². The van der Waals surface area contributed by atoms with E-state index in [2.05, 4.69) is 36.2 Å². The van der Waals surface area contributed by atoms with E-state index >= 15 is 0 Å². The molecule has 0 fully saturated rings. The molecule has 0 radical (unpaired) electrons. The molecule has 0 bridgehead atoms. The summed E-state index contributed by atoms with van der Waals surface area (Å²) in [6, 6.07) is 5.86. The largest absolute Gasteiger partial charge is 0.368 e. The molecule has 1 aromatic heterocycles. The van der Waals surface area contributed by atoms with Crippen LogP contribution < -0.4 is 11.1 Å². The number of halogens is 2. The summed E-state index contributed by atoms with van der Waals surface area (Å²) in [4.78, 5) is 11.5. The lowest BCUT2D eigenvalue weighted by Crippen LogP contribution is -2.03. The van der Waals surface area contributed by atoms with Crippen molar-refractivity contribution >= 4 is 45.1 Å². The van der Waals surface area contributed by atoms with Crippen LogP contribution in [-0.2, 0) is 0 Å². The van der Waals surface area contributed by atoms with Gasteiger partial charge in [-0.05, 0) is 42.3 Å². The number of anilines is 3. The number of hydrogen-bond acceptors (Lipinski definition) is 5. The Morgan fingerprint density at radius 2 is 2.00 bits per heavy atom. The summed E-state index contributed by atoms with van der Waals surface area (Å²) in [6.45, 7) is 1.99. The summed E-state index contributed by atoms with van der Waals surface area (Å²) in [5.74, 6) is 0.402. The number of hydrogen-bond donors (Lipinski definition) is 2. The molecule has 1 heterocycles. The van der Waals surface area contributed by atoms with Gasteiger partial charge >= 0.3 is 0 Å². The first kappa shape index (κ1) is 12.1. The summed E-state index contributed by atoms with van der Waals surface area (Å²) in [7, 11) is 0. The fraction of sp³-hybridized carbons (Fsp3) is 0.100. The Bertz CT molecular complexity index is 470. The van der Waals surface area contributed by atoms with Gasteiger partial charge in [0.05, 0.1) is 0 Å². The van der Waals surface area contributed by atoms with E-state index in [1.165, 1.54) is 0 Å². The lowest BCUT2D eigenvalue weighted by Gasteiger charge is -2.06. The van der Waals surface area contributed by atoms with Crippen molar-refractivity contribution in [3.63, 3.8) is 0 Å². The highest BCUT2D eigenvalue weighted by Crippen LogP contribution is 2.21. The maximum atomic E-state index is 5.69. The fourth-order valence-electron chi connectivity index (χ4n) is 1.36. The normalized spacial score (nSPS) is 10.3. The number of nitrogens with zero attached hydrogens (tertiary/aromatic N) is 3. The van der Waals surface area contributed by atoms with Crippen molar-refractivity contribution in [2.24, 2.45) is 0 Å². The molecule has 7 heteroatoms. The average molecular weight is 315 g/mol. The molecular formula is C10H9BrClN5. The minimum atomic E-state index is 0.0618. The van der Waals surface area contributed by atoms with Crippen LogP contribution in [0.2, 0.25) is 5.28 Å². The Morgan fingerprint density at radius 3 is 2.65 bits per heavy atom. The number of aryl methyl sites for hydroxylation is 1. The third kappa shape index (κ3) is 3.28. The first-order valence-electron chi connectivity index (χ1n) is 4.74. The van der Waals surface area contributed by atoms with Crippen LogP contribution in [0.25, 0.3) is 0 Å². The van der Waals surface area contributed by atoms with E-state index in [1.54, 1.807) is 0 Å². The van der Waals surface area contributed by atoms with E-state index in [0.29, 0.717) is 5.95 Å². The standard InChI is InChI=1S/C10H9BrClN5/c1-5-2-6(11)4-7(3-5)14-10-16-8(12)15-9(13)17-10/h2-4H,1H3,(H3,13,14,15,16,17). The quantitative estimate of drug-likeness (QED) is 0.891. The second kappa shape index (κ2) is 4.85. The van der Waals surface area contributed by atoms with Crippen molar-refractivity contribution in [2.45, 2.75) is 6.92 Å². The molecule has 0 aliphatic heterocycles. The van der Waals surface area contributed by atoms with E-state index in [-0.39, 0.29) is 11.2 Å². The minimum Gasteiger partial charge on any atom is -0.368 e. The van der Waals surface area contributed by atoms with Gasteiger partial charge < -0.3 is 11.1 Å². The smallest absolute Gasteiger partial charge is 0.233 e. The zero-order valence-electron chi connectivity index (χ0n) is 8.91. The van der Waals surface area contributed by atoms with Crippen LogP contribution in [0.4, 0.5) is 17.6 Å². The highest BCUT2D eigenvalue weighted by atomic mass is 79.9. The van der Waals surface area contributed by atoms with Crippen LogP contribution in [0.15, 0.2) is 22.7 Å². The molecule has 2 aromatic rings. The fourth-order valence-corrected chi connectivity index (χ4v) is 2.13.